The van der Waals surface area contributed by atoms with Gasteiger partial charge in [-0.2, -0.15) is 0 Å². The highest BCUT2D eigenvalue weighted by Crippen LogP contribution is 2.05. The Balaban J connectivity index is 3.28. The third-order valence-corrected chi connectivity index (χ3v) is 2.39. The fourth-order valence-corrected chi connectivity index (χ4v) is 1.02. The van der Waals surface area contributed by atoms with Gasteiger partial charge in [-0.05, 0) is 12.8 Å². The normalized spacial score (nSPS) is 14.6. The Kier molecular flexibility index (Phi) is 8.67. The Bertz CT molecular complexity index is 144. The molecule has 0 rings (SSSR count). The van der Waals surface area contributed by atoms with Crippen molar-refractivity contribution in [1.29, 1.82) is 0 Å². The molecule has 0 N–H and O–H groups in total. The molecule has 0 amide bonds. The number of carbonyl (C=O) groups is 1. The van der Waals surface area contributed by atoms with Gasteiger partial charge in [-0.15, -0.1) is 0 Å². The Labute approximate surface area is 102 Å². The predicted octanol–water partition coefficient (Wildman–Crippen LogP) is 3.49. The van der Waals surface area contributed by atoms with Crippen LogP contribution in [0.15, 0.2) is 0 Å². The van der Waals surface area contributed by atoms with E-state index in [1.54, 1.807) is 0 Å². The van der Waals surface area contributed by atoms with E-state index in [1.165, 1.54) is 0 Å². The lowest BCUT2D eigenvalue weighted by molar-refractivity contribution is 0.0542. The first-order valence-corrected chi connectivity index (χ1v) is 6.43. The minimum absolute atomic E-state index is 0.359. The standard InChI is InChI=1S/C9H16Br2O3/c1-7(10)3-5-13-9(12)14-6-4-8(2)11/h7-8H,3-6H2,1-2H3. The van der Waals surface area contributed by atoms with Crippen molar-refractivity contribution in [2.45, 2.75) is 36.3 Å². The molecule has 0 saturated heterocycles. The lowest BCUT2D eigenvalue weighted by Crippen LogP contribution is -2.12. The summed E-state index contributed by atoms with van der Waals surface area (Å²) in [4.78, 5) is 11.6. The van der Waals surface area contributed by atoms with Crippen molar-refractivity contribution in [3.8, 4) is 0 Å². The van der Waals surface area contributed by atoms with Gasteiger partial charge in [0.2, 0.25) is 0 Å². The third kappa shape index (κ3) is 10.3. The number of carbonyl (C=O) groups excluding carboxylic acids is 1. The molecule has 0 aromatic carbocycles. The zero-order valence-corrected chi connectivity index (χ0v) is 11.6. The minimum Gasteiger partial charge on any atom is -0.434 e. The van der Waals surface area contributed by atoms with Crippen LogP contribution in [0.25, 0.3) is 0 Å². The second-order valence-corrected chi connectivity index (χ2v) is 6.21. The number of halogens is 2. The highest BCUT2D eigenvalue weighted by Gasteiger charge is 2.05. The van der Waals surface area contributed by atoms with Crippen LogP contribution in [0.5, 0.6) is 0 Å². The number of alkyl halides is 2. The van der Waals surface area contributed by atoms with E-state index in [0.29, 0.717) is 22.9 Å². The van der Waals surface area contributed by atoms with Gasteiger partial charge in [-0.3, -0.25) is 0 Å². The van der Waals surface area contributed by atoms with Crippen molar-refractivity contribution in [2.75, 3.05) is 13.2 Å². The van der Waals surface area contributed by atoms with Crippen molar-refractivity contribution in [1.82, 2.24) is 0 Å². The maximum Gasteiger partial charge on any atom is 0.508 e. The van der Waals surface area contributed by atoms with Crippen LogP contribution in [0.1, 0.15) is 26.7 Å². The van der Waals surface area contributed by atoms with Crippen LogP contribution >= 0.6 is 31.9 Å². The molecule has 2 unspecified atom stereocenters. The molecule has 0 aliphatic rings. The van der Waals surface area contributed by atoms with E-state index in [-0.39, 0.29) is 0 Å². The molecule has 0 spiro atoms. The first-order chi connectivity index (χ1) is 6.52. The first kappa shape index (κ1) is 14.2. The summed E-state index contributed by atoms with van der Waals surface area (Å²) in [6, 6.07) is 0. The van der Waals surface area contributed by atoms with Gasteiger partial charge in [0.05, 0.1) is 13.2 Å². The van der Waals surface area contributed by atoms with Crippen molar-refractivity contribution in [3.63, 3.8) is 0 Å². The molecule has 0 saturated carbocycles. The topological polar surface area (TPSA) is 35.5 Å². The average Bonchev–Trinajstić information content (AvgIpc) is 2.02. The molecule has 0 bridgehead atoms. The highest BCUT2D eigenvalue weighted by atomic mass is 79.9. The van der Waals surface area contributed by atoms with Gasteiger partial charge in [0, 0.05) is 9.65 Å². The molecule has 0 fully saturated rings. The second kappa shape index (κ2) is 8.53. The summed E-state index contributed by atoms with van der Waals surface area (Å²) >= 11 is 6.72. The third-order valence-electron chi connectivity index (χ3n) is 1.47. The predicted molar refractivity (Wildman–Crippen MR) is 63.3 cm³/mol. The lowest BCUT2D eigenvalue weighted by Gasteiger charge is -2.07. The quantitative estimate of drug-likeness (QED) is 0.552. The number of ether oxygens (including phenoxy) is 2. The maximum absolute atomic E-state index is 10.9. The summed E-state index contributed by atoms with van der Waals surface area (Å²) in [5.74, 6) is 0. The molecular formula is C9H16Br2O3. The van der Waals surface area contributed by atoms with Gasteiger partial charge in [0.1, 0.15) is 0 Å². The summed E-state index contributed by atoms with van der Waals surface area (Å²) in [5.41, 5.74) is 0. The number of rotatable bonds is 6. The lowest BCUT2D eigenvalue weighted by atomic mass is 10.4. The first-order valence-electron chi connectivity index (χ1n) is 4.60. The molecular weight excluding hydrogens is 316 g/mol. The van der Waals surface area contributed by atoms with Crippen molar-refractivity contribution in [2.24, 2.45) is 0 Å². The van der Waals surface area contributed by atoms with E-state index in [4.69, 9.17) is 9.47 Å². The molecule has 2 atom stereocenters. The van der Waals surface area contributed by atoms with Crippen LogP contribution in [-0.2, 0) is 9.47 Å². The van der Waals surface area contributed by atoms with Crippen LogP contribution in [0, 0.1) is 0 Å². The summed E-state index contributed by atoms with van der Waals surface area (Å²) in [6.07, 6.45) is 1.01. The molecule has 0 aromatic rings. The van der Waals surface area contributed by atoms with Crippen molar-refractivity contribution >= 4 is 38.0 Å². The molecule has 84 valence electrons. The van der Waals surface area contributed by atoms with E-state index in [2.05, 4.69) is 31.9 Å². The summed E-state index contributed by atoms with van der Waals surface area (Å²) in [7, 11) is 0. The van der Waals surface area contributed by atoms with Gasteiger partial charge in [0.15, 0.2) is 0 Å². The summed E-state index contributed by atoms with van der Waals surface area (Å²) in [5, 5.41) is 0. The molecule has 3 nitrogen and oxygen atoms in total. The smallest absolute Gasteiger partial charge is 0.434 e. The molecule has 0 aliphatic heterocycles. The maximum atomic E-state index is 10.9. The van der Waals surface area contributed by atoms with Crippen LogP contribution in [-0.4, -0.2) is 29.0 Å². The van der Waals surface area contributed by atoms with Crippen molar-refractivity contribution in [3.05, 3.63) is 0 Å². The average molecular weight is 332 g/mol. The zero-order valence-electron chi connectivity index (χ0n) is 8.46. The van der Waals surface area contributed by atoms with E-state index in [1.807, 2.05) is 13.8 Å². The SMILES string of the molecule is CC(Br)CCOC(=O)OCCC(C)Br. The van der Waals surface area contributed by atoms with Crippen LogP contribution in [0.3, 0.4) is 0 Å². The Hall–Kier alpha value is 0.230. The van der Waals surface area contributed by atoms with Gasteiger partial charge in [-0.1, -0.05) is 45.7 Å². The van der Waals surface area contributed by atoms with Crippen LogP contribution in [0.4, 0.5) is 4.79 Å². The fourth-order valence-electron chi connectivity index (χ4n) is 0.651. The van der Waals surface area contributed by atoms with E-state index in [9.17, 15) is 4.79 Å². The zero-order chi connectivity index (χ0) is 11.0. The van der Waals surface area contributed by atoms with Gasteiger partial charge < -0.3 is 9.47 Å². The van der Waals surface area contributed by atoms with Crippen molar-refractivity contribution < 1.29 is 14.3 Å². The van der Waals surface area contributed by atoms with Gasteiger partial charge >= 0.3 is 6.16 Å². The Morgan fingerprint density at radius 1 is 1.07 bits per heavy atom. The monoisotopic (exact) mass is 330 g/mol. The molecule has 0 heterocycles. The second-order valence-electron chi connectivity index (χ2n) is 3.09. The Morgan fingerprint density at radius 3 is 1.71 bits per heavy atom. The molecule has 0 aliphatic carbocycles. The summed E-state index contributed by atoms with van der Waals surface area (Å²) in [6.45, 7) is 4.80. The fraction of sp³-hybridized carbons (Fsp3) is 0.889. The Morgan fingerprint density at radius 2 is 1.43 bits per heavy atom. The largest absolute Gasteiger partial charge is 0.508 e. The molecule has 0 aromatic heterocycles. The van der Waals surface area contributed by atoms with Gasteiger partial charge in [-0.25, -0.2) is 4.79 Å². The molecule has 5 heteroatoms. The molecule has 14 heavy (non-hydrogen) atoms. The molecule has 0 radical (unpaired) electrons. The van der Waals surface area contributed by atoms with Gasteiger partial charge in [0.25, 0.3) is 0 Å². The van der Waals surface area contributed by atoms with E-state index in [0.717, 1.165) is 12.8 Å². The van der Waals surface area contributed by atoms with Crippen LogP contribution < -0.4 is 0 Å². The van der Waals surface area contributed by atoms with E-state index >= 15 is 0 Å². The number of hydrogen-bond donors (Lipinski definition) is 0. The highest BCUT2D eigenvalue weighted by molar-refractivity contribution is 9.09. The summed E-state index contributed by atoms with van der Waals surface area (Å²) < 4.78 is 9.66. The van der Waals surface area contributed by atoms with E-state index < -0.39 is 6.16 Å². The number of hydrogen-bond acceptors (Lipinski definition) is 3. The van der Waals surface area contributed by atoms with Crippen LogP contribution in [0.2, 0.25) is 0 Å². The minimum atomic E-state index is -0.577.